The first kappa shape index (κ1) is 63.6. The molecule has 15 N–H and O–H groups in total. The Balaban J connectivity index is 1.63. The van der Waals surface area contributed by atoms with Crippen molar-refractivity contribution in [2.24, 2.45) is 23.3 Å². The van der Waals surface area contributed by atoms with E-state index in [2.05, 4.69) is 54.5 Å². The number of carboxylic acid groups (broad SMARTS) is 2. The molecule has 0 bridgehead atoms. The van der Waals surface area contributed by atoms with Gasteiger partial charge in [-0.15, -0.1) is 0 Å². The molecule has 9 atom stereocenters. The number of ether oxygens (including phenoxy) is 1. The van der Waals surface area contributed by atoms with Gasteiger partial charge in [-0.3, -0.25) is 43.8 Å². The molecule has 27 heteroatoms. The van der Waals surface area contributed by atoms with Crippen LogP contribution in [0.4, 0.5) is 0 Å². The Labute approximate surface area is 463 Å². The summed E-state index contributed by atoms with van der Waals surface area (Å²) in [6, 6.07) is 1.66. The van der Waals surface area contributed by atoms with E-state index in [0.29, 0.717) is 35.4 Å². The number of hydrogen-bond donors (Lipinski definition) is 14. The van der Waals surface area contributed by atoms with Crippen molar-refractivity contribution in [1.82, 2.24) is 51.7 Å². The van der Waals surface area contributed by atoms with Gasteiger partial charge < -0.3 is 78.2 Å². The molecule has 1 aliphatic rings. The number of amides is 7. The Morgan fingerprint density at radius 1 is 0.848 bits per heavy atom. The summed E-state index contributed by atoms with van der Waals surface area (Å²) in [4.78, 5) is 133. The minimum Gasteiger partial charge on any atom is -0.508 e. The number of nitrogens with two attached hydrogens (primary N) is 2. The van der Waals surface area contributed by atoms with E-state index in [1.165, 1.54) is 53.7 Å². The standard InChI is InChI=1S/C52H75N13O13S/c1-6-29(4)43(48(73)61-38(22-32-24-56-27-58-32)49(74)64-20-8-10-39(64)50(75)65(40(26-79)51(76)77)25-31-13-17-34(78-5)18-14-31)63-46(71)37(21-30-11-15-33(66)16-12-30)60-47(72)42(28(2)3)62-45(70)36(9-7-19-57-52(54)55)59-44(69)35(53)23-41(67)68/h11-18,24,27-29,35-40,42-43,66,79H,6-10,19-23,25-26,53H2,1-5H3,(H,56,58)(H,59,69)(H,60,72)(H,61,73)(H,62,70)(H,63,71)(H,67,68)(H,76,77)(H4,54,55,57)/t29-,35-,36-,37-,38-,39-,40-,42-,43-/m0/s1. The molecular formula is C52H75N13O13S. The normalized spacial score (nSPS) is 16.1. The van der Waals surface area contributed by atoms with Crippen LogP contribution in [0.1, 0.15) is 83.0 Å². The monoisotopic (exact) mass is 1120 g/mol. The molecule has 2 aromatic carbocycles. The van der Waals surface area contributed by atoms with E-state index in [4.69, 9.17) is 21.6 Å². The smallest absolute Gasteiger partial charge is 0.327 e. The van der Waals surface area contributed by atoms with Crippen molar-refractivity contribution in [3.8, 4) is 11.5 Å². The average molecular weight is 1120 g/mol. The third kappa shape index (κ3) is 19.2. The van der Waals surface area contributed by atoms with Crippen LogP contribution >= 0.6 is 12.6 Å². The first-order valence-corrected chi connectivity index (χ1v) is 26.5. The van der Waals surface area contributed by atoms with Crippen molar-refractivity contribution >= 4 is 71.9 Å². The summed E-state index contributed by atoms with van der Waals surface area (Å²) < 4.78 is 5.25. The maximum Gasteiger partial charge on any atom is 0.327 e. The summed E-state index contributed by atoms with van der Waals surface area (Å²) in [5, 5.41) is 52.8. The molecular weight excluding hydrogens is 1050 g/mol. The first-order valence-electron chi connectivity index (χ1n) is 25.9. The third-order valence-electron chi connectivity index (χ3n) is 13.4. The van der Waals surface area contributed by atoms with Crippen molar-refractivity contribution < 1.29 is 63.2 Å². The number of imidazole rings is 1. The number of phenols is 1. The van der Waals surface area contributed by atoms with Gasteiger partial charge in [-0.25, -0.2) is 9.78 Å². The van der Waals surface area contributed by atoms with Gasteiger partial charge in [-0.2, -0.15) is 12.6 Å². The molecule has 4 rings (SSSR count). The molecule has 0 spiro atoms. The lowest BCUT2D eigenvalue weighted by atomic mass is 9.96. The van der Waals surface area contributed by atoms with Crippen LogP contribution in [0.3, 0.4) is 0 Å². The molecule has 7 amide bonds. The second-order valence-electron chi connectivity index (χ2n) is 19.6. The van der Waals surface area contributed by atoms with Crippen molar-refractivity contribution in [1.29, 1.82) is 5.41 Å². The van der Waals surface area contributed by atoms with E-state index < -0.39 is 120 Å². The number of carbonyl (C=O) groups is 9. The number of carbonyl (C=O) groups excluding carboxylic acids is 7. The molecule has 1 saturated heterocycles. The molecule has 432 valence electrons. The molecule has 0 radical (unpaired) electrons. The number of nitrogens with zero attached hydrogens (tertiary/aromatic N) is 3. The first-order chi connectivity index (χ1) is 37.5. The van der Waals surface area contributed by atoms with Crippen LogP contribution in [-0.2, 0) is 62.5 Å². The molecule has 0 unspecified atom stereocenters. The second kappa shape index (κ2) is 30.9. The Morgan fingerprint density at radius 2 is 1.46 bits per heavy atom. The number of methoxy groups -OCH3 is 1. The minimum absolute atomic E-state index is 0.0620. The number of nitrogens with one attached hydrogen (secondary N) is 8. The summed E-state index contributed by atoms with van der Waals surface area (Å²) in [6.45, 7) is 6.79. The average Bonchev–Trinajstić information content (AvgIpc) is 4.13. The van der Waals surface area contributed by atoms with E-state index in [-0.39, 0.29) is 69.2 Å². The van der Waals surface area contributed by atoms with Crippen molar-refractivity contribution in [3.05, 3.63) is 77.9 Å². The fraction of sp³-hybridized carbons (Fsp3) is 0.519. The summed E-state index contributed by atoms with van der Waals surface area (Å²) in [7, 11) is 1.49. The van der Waals surface area contributed by atoms with E-state index in [1.807, 2.05) is 0 Å². The highest BCUT2D eigenvalue weighted by Crippen LogP contribution is 2.25. The molecule has 1 aliphatic heterocycles. The lowest BCUT2D eigenvalue weighted by molar-refractivity contribution is -0.154. The maximum atomic E-state index is 14.8. The molecule has 0 saturated carbocycles. The Morgan fingerprint density at radius 3 is 2.03 bits per heavy atom. The van der Waals surface area contributed by atoms with E-state index >= 15 is 0 Å². The Bertz CT molecular complexity index is 2570. The SMILES string of the molecule is CC[C@H](C)[C@H](NC(=O)[C@H](Cc1ccc(O)cc1)NC(=O)[C@@H](NC(=O)[C@H](CCCNC(=N)N)NC(=O)[C@@H](N)CC(=O)O)C(C)C)C(=O)N[C@@H](Cc1c[nH]cn1)C(=O)N1CCC[C@H]1C(=O)N(Cc1ccc(OC)cc1)[C@@H](CS)C(=O)O. The van der Waals surface area contributed by atoms with Gasteiger partial charge in [0.15, 0.2) is 5.96 Å². The van der Waals surface area contributed by atoms with Crippen LogP contribution < -0.4 is 48.1 Å². The maximum absolute atomic E-state index is 14.8. The number of aromatic amines is 1. The lowest BCUT2D eigenvalue weighted by Gasteiger charge is -2.35. The fourth-order valence-electron chi connectivity index (χ4n) is 8.77. The number of phenolic OH excluding ortho intramolecular Hbond substituents is 1. The summed E-state index contributed by atoms with van der Waals surface area (Å²) >= 11 is 4.26. The molecule has 0 aliphatic carbocycles. The van der Waals surface area contributed by atoms with Crippen molar-refractivity contribution in [2.45, 2.75) is 134 Å². The Hall–Kier alpha value is -7.94. The van der Waals surface area contributed by atoms with Crippen molar-refractivity contribution in [3.63, 3.8) is 0 Å². The number of aromatic nitrogens is 2. The van der Waals surface area contributed by atoms with Crippen LogP contribution in [0.15, 0.2) is 61.1 Å². The predicted octanol–water partition coefficient (Wildman–Crippen LogP) is -0.497. The fourth-order valence-corrected chi connectivity index (χ4v) is 9.13. The highest BCUT2D eigenvalue weighted by Gasteiger charge is 2.43. The van der Waals surface area contributed by atoms with Crippen LogP contribution in [0.2, 0.25) is 0 Å². The zero-order valence-corrected chi connectivity index (χ0v) is 45.8. The number of aromatic hydroxyl groups is 1. The molecule has 79 heavy (non-hydrogen) atoms. The second-order valence-corrected chi connectivity index (χ2v) is 20.0. The van der Waals surface area contributed by atoms with Gasteiger partial charge in [-0.1, -0.05) is 58.4 Å². The quantitative estimate of drug-likeness (QED) is 0.0167. The predicted molar refractivity (Wildman–Crippen MR) is 291 cm³/mol. The number of likely N-dealkylation sites (tertiary alicyclic amines) is 1. The number of aliphatic carboxylic acids is 2. The number of rotatable bonds is 31. The van der Waals surface area contributed by atoms with E-state index in [1.54, 1.807) is 52.0 Å². The van der Waals surface area contributed by atoms with Gasteiger partial charge in [0.25, 0.3) is 0 Å². The van der Waals surface area contributed by atoms with Gasteiger partial charge in [0, 0.05) is 44.4 Å². The largest absolute Gasteiger partial charge is 0.508 e. The van der Waals surface area contributed by atoms with Gasteiger partial charge >= 0.3 is 11.9 Å². The van der Waals surface area contributed by atoms with Crippen LogP contribution in [0, 0.1) is 17.2 Å². The van der Waals surface area contributed by atoms with Gasteiger partial charge in [0.2, 0.25) is 41.4 Å². The van der Waals surface area contributed by atoms with Crippen LogP contribution in [-0.4, -0.2) is 169 Å². The number of thiol groups is 1. The van der Waals surface area contributed by atoms with Gasteiger partial charge in [0.1, 0.15) is 53.8 Å². The van der Waals surface area contributed by atoms with Crippen molar-refractivity contribution in [2.75, 3.05) is 26.0 Å². The number of benzene rings is 2. The number of guanidine groups is 1. The zero-order valence-electron chi connectivity index (χ0n) is 44.9. The zero-order chi connectivity index (χ0) is 58.5. The molecule has 1 fully saturated rings. The highest BCUT2D eigenvalue weighted by molar-refractivity contribution is 7.80. The number of hydrogen-bond acceptors (Lipinski definition) is 15. The van der Waals surface area contributed by atoms with E-state index in [0.717, 1.165) is 0 Å². The van der Waals surface area contributed by atoms with Gasteiger partial charge in [0.05, 0.1) is 31.6 Å². The lowest BCUT2D eigenvalue weighted by Crippen LogP contribution is -2.62. The minimum atomic E-state index is -1.52. The summed E-state index contributed by atoms with van der Waals surface area (Å²) in [5.74, 6) is -9.58. The topological polar surface area (TPSA) is 407 Å². The highest BCUT2D eigenvalue weighted by atomic mass is 32.1. The number of carboxylic acids is 2. The summed E-state index contributed by atoms with van der Waals surface area (Å²) in [5.41, 5.74) is 12.6. The molecule has 26 nitrogen and oxygen atoms in total. The van der Waals surface area contributed by atoms with E-state index in [9.17, 15) is 58.5 Å². The Kier molecular flexibility index (Phi) is 24.8. The van der Waals surface area contributed by atoms with Crippen LogP contribution in [0.25, 0.3) is 0 Å². The summed E-state index contributed by atoms with van der Waals surface area (Å²) in [6.07, 6.45) is 2.84. The molecule has 3 aromatic rings. The van der Waals surface area contributed by atoms with Crippen LogP contribution in [0.5, 0.6) is 11.5 Å². The third-order valence-corrected chi connectivity index (χ3v) is 13.8. The molecule has 1 aromatic heterocycles. The number of H-pyrrole nitrogens is 1. The molecule has 2 heterocycles. The van der Waals surface area contributed by atoms with Gasteiger partial charge in [-0.05, 0) is 72.9 Å².